The molecule has 2 heterocycles. The molecule has 0 atom stereocenters. The van der Waals surface area contributed by atoms with Crippen LogP contribution in [0.5, 0.6) is 0 Å². The van der Waals surface area contributed by atoms with E-state index in [0.29, 0.717) is 0 Å². The average Bonchev–Trinajstić information content (AvgIpc) is 3.13. The largest absolute Gasteiger partial charge is 0.311 e. The van der Waals surface area contributed by atoms with Gasteiger partial charge in [0.05, 0.1) is 5.69 Å². The molecule has 0 saturated heterocycles. The maximum atomic E-state index is 4.94. The van der Waals surface area contributed by atoms with Crippen LogP contribution in [0.2, 0.25) is 0 Å². The van der Waals surface area contributed by atoms with Crippen molar-refractivity contribution in [2.45, 2.75) is 31.2 Å². The van der Waals surface area contributed by atoms with E-state index in [0.717, 1.165) is 19.5 Å². The first-order valence-electron chi connectivity index (χ1n) is 6.64. The van der Waals surface area contributed by atoms with Gasteiger partial charge in [0.1, 0.15) is 5.01 Å². The molecule has 1 aliphatic carbocycles. The minimum atomic E-state index is 0.253. The van der Waals surface area contributed by atoms with Crippen molar-refractivity contribution in [3.05, 3.63) is 51.5 Å². The van der Waals surface area contributed by atoms with E-state index in [1.165, 1.54) is 34.0 Å². The summed E-state index contributed by atoms with van der Waals surface area (Å²) in [5.41, 5.74) is 3.04. The van der Waals surface area contributed by atoms with E-state index in [4.69, 9.17) is 4.98 Å². The summed E-state index contributed by atoms with van der Waals surface area (Å²) in [6.07, 6.45) is 3.62. The van der Waals surface area contributed by atoms with Crippen molar-refractivity contribution in [3.63, 3.8) is 0 Å². The van der Waals surface area contributed by atoms with Gasteiger partial charge in [-0.05, 0) is 18.4 Å². The maximum Gasteiger partial charge on any atom is 0.104 e. The fourth-order valence-electron chi connectivity index (χ4n) is 2.84. The monoisotopic (exact) mass is 256 g/mol. The first kappa shape index (κ1) is 10.7. The van der Waals surface area contributed by atoms with E-state index in [-0.39, 0.29) is 5.41 Å². The van der Waals surface area contributed by atoms with Gasteiger partial charge in [-0.15, -0.1) is 11.3 Å². The van der Waals surface area contributed by atoms with Crippen LogP contribution in [0.25, 0.3) is 0 Å². The minimum Gasteiger partial charge on any atom is -0.311 e. The highest BCUT2D eigenvalue weighted by Crippen LogP contribution is 2.54. The van der Waals surface area contributed by atoms with E-state index in [1.54, 1.807) is 0 Å². The molecule has 0 amide bonds. The lowest BCUT2D eigenvalue weighted by atomic mass is 9.97. The number of nitrogens with one attached hydrogen (secondary N) is 1. The number of hydrogen-bond donors (Lipinski definition) is 1. The lowest BCUT2D eigenvalue weighted by Crippen LogP contribution is -2.22. The van der Waals surface area contributed by atoms with Crippen molar-refractivity contribution in [1.82, 2.24) is 10.3 Å². The third-order valence-corrected chi connectivity index (χ3v) is 5.39. The molecule has 2 aromatic rings. The molecular weight excluding hydrogens is 240 g/mol. The Morgan fingerprint density at radius 2 is 2.00 bits per heavy atom. The van der Waals surface area contributed by atoms with Crippen LogP contribution in [0.15, 0.2) is 30.3 Å². The van der Waals surface area contributed by atoms with Gasteiger partial charge in [0.15, 0.2) is 0 Å². The molecule has 3 heteroatoms. The second-order valence-corrected chi connectivity index (χ2v) is 6.35. The van der Waals surface area contributed by atoms with Crippen molar-refractivity contribution < 1.29 is 0 Å². The van der Waals surface area contributed by atoms with Crippen LogP contribution >= 0.6 is 11.3 Å². The molecule has 1 aromatic carbocycles. The Bertz CT molecular complexity index is 546. The van der Waals surface area contributed by atoms with E-state index in [2.05, 4.69) is 35.6 Å². The summed E-state index contributed by atoms with van der Waals surface area (Å²) < 4.78 is 0. The number of hydrogen-bond acceptors (Lipinski definition) is 3. The van der Waals surface area contributed by atoms with Gasteiger partial charge in [-0.25, -0.2) is 4.98 Å². The number of rotatable bonds is 2. The van der Waals surface area contributed by atoms with E-state index >= 15 is 0 Å². The maximum absolute atomic E-state index is 4.94. The van der Waals surface area contributed by atoms with Gasteiger partial charge < -0.3 is 5.32 Å². The molecule has 1 aromatic heterocycles. The molecular formula is C15H16N2S. The molecule has 4 rings (SSSR count). The molecule has 18 heavy (non-hydrogen) atoms. The van der Waals surface area contributed by atoms with E-state index in [1.807, 2.05) is 11.3 Å². The highest BCUT2D eigenvalue weighted by molar-refractivity contribution is 7.12. The molecule has 1 N–H and O–H groups in total. The molecule has 0 radical (unpaired) electrons. The summed E-state index contributed by atoms with van der Waals surface area (Å²) in [7, 11) is 0. The molecule has 0 bridgehead atoms. The topological polar surface area (TPSA) is 24.9 Å². The van der Waals surface area contributed by atoms with Crippen LogP contribution in [-0.2, 0) is 18.4 Å². The summed E-state index contributed by atoms with van der Waals surface area (Å²) in [6.45, 7) is 2.09. The smallest absolute Gasteiger partial charge is 0.104 e. The highest BCUT2D eigenvalue weighted by atomic mass is 32.1. The summed E-state index contributed by atoms with van der Waals surface area (Å²) in [4.78, 5) is 6.40. The second kappa shape index (κ2) is 3.90. The second-order valence-electron chi connectivity index (χ2n) is 5.26. The zero-order valence-electron chi connectivity index (χ0n) is 10.3. The SMILES string of the molecule is c1ccc(C2(c3nc4c(s3)CNCC4)CC2)cc1. The summed E-state index contributed by atoms with van der Waals surface area (Å²) in [5, 5.41) is 4.79. The van der Waals surface area contributed by atoms with Crippen molar-refractivity contribution in [2.24, 2.45) is 0 Å². The summed E-state index contributed by atoms with van der Waals surface area (Å²) in [5.74, 6) is 0. The van der Waals surface area contributed by atoms with Crippen molar-refractivity contribution in [2.75, 3.05) is 6.54 Å². The third-order valence-electron chi connectivity index (χ3n) is 4.09. The molecule has 92 valence electrons. The van der Waals surface area contributed by atoms with Crippen molar-refractivity contribution in [1.29, 1.82) is 0 Å². The number of benzene rings is 1. The van der Waals surface area contributed by atoms with Crippen molar-refractivity contribution in [3.8, 4) is 0 Å². The van der Waals surface area contributed by atoms with Crippen LogP contribution in [-0.4, -0.2) is 11.5 Å². The quantitative estimate of drug-likeness (QED) is 0.893. The molecule has 1 saturated carbocycles. The number of nitrogens with zero attached hydrogens (tertiary/aromatic N) is 1. The standard InChI is InChI=1S/C15H16N2S/c1-2-4-11(5-3-1)15(7-8-15)14-17-12-6-9-16-10-13(12)18-14/h1-5,16H,6-10H2. The van der Waals surface area contributed by atoms with Crippen LogP contribution < -0.4 is 5.32 Å². The zero-order chi connectivity index (χ0) is 12.0. The summed E-state index contributed by atoms with van der Waals surface area (Å²) >= 11 is 1.93. The molecule has 2 aliphatic rings. The normalized spacial score (nSPS) is 20.4. The predicted molar refractivity (Wildman–Crippen MR) is 74.0 cm³/mol. The van der Waals surface area contributed by atoms with Gasteiger partial charge in [-0.3, -0.25) is 0 Å². The molecule has 0 unspecified atom stereocenters. The molecule has 0 spiro atoms. The zero-order valence-corrected chi connectivity index (χ0v) is 11.1. The van der Waals surface area contributed by atoms with Gasteiger partial charge >= 0.3 is 0 Å². The number of fused-ring (bicyclic) bond motifs is 1. The van der Waals surface area contributed by atoms with Crippen molar-refractivity contribution >= 4 is 11.3 Å². The highest BCUT2D eigenvalue weighted by Gasteiger charge is 2.48. The summed E-state index contributed by atoms with van der Waals surface area (Å²) in [6, 6.07) is 10.9. The average molecular weight is 256 g/mol. The van der Waals surface area contributed by atoms with Gasteiger partial charge in [-0.2, -0.15) is 0 Å². The van der Waals surface area contributed by atoms with Gasteiger partial charge in [0, 0.05) is 29.8 Å². The first-order chi connectivity index (χ1) is 8.88. The Kier molecular flexibility index (Phi) is 2.32. The number of aromatic nitrogens is 1. The van der Waals surface area contributed by atoms with Gasteiger partial charge in [0.25, 0.3) is 0 Å². The Hall–Kier alpha value is -1.19. The van der Waals surface area contributed by atoms with E-state index < -0.39 is 0 Å². The predicted octanol–water partition coefficient (Wildman–Crippen LogP) is 2.87. The fourth-order valence-corrected chi connectivity index (χ4v) is 4.18. The third kappa shape index (κ3) is 1.54. The van der Waals surface area contributed by atoms with Gasteiger partial charge in [-0.1, -0.05) is 30.3 Å². The van der Waals surface area contributed by atoms with E-state index in [9.17, 15) is 0 Å². The van der Waals surface area contributed by atoms with Gasteiger partial charge in [0.2, 0.25) is 0 Å². The lowest BCUT2D eigenvalue weighted by molar-refractivity contribution is 0.641. The van der Waals surface area contributed by atoms with Crippen LogP contribution in [0, 0.1) is 0 Å². The number of thiazole rings is 1. The minimum absolute atomic E-state index is 0.253. The Balaban J connectivity index is 1.77. The van der Waals surface area contributed by atoms with Crippen LogP contribution in [0.3, 0.4) is 0 Å². The Labute approximate surface area is 111 Å². The Morgan fingerprint density at radius 1 is 1.17 bits per heavy atom. The Morgan fingerprint density at radius 3 is 2.72 bits per heavy atom. The molecule has 2 nitrogen and oxygen atoms in total. The lowest BCUT2D eigenvalue weighted by Gasteiger charge is -2.12. The fraction of sp³-hybridized carbons (Fsp3) is 0.400. The van der Waals surface area contributed by atoms with Crippen LogP contribution in [0.1, 0.15) is 34.0 Å². The first-order valence-corrected chi connectivity index (χ1v) is 7.45. The molecule has 1 fully saturated rings. The molecule has 1 aliphatic heterocycles. The van der Waals surface area contributed by atoms with Crippen LogP contribution in [0.4, 0.5) is 0 Å².